The first kappa shape index (κ1) is 18.6. The van der Waals surface area contributed by atoms with Crippen LogP contribution in [0.1, 0.15) is 27.2 Å². The Morgan fingerprint density at radius 2 is 1.75 bits per heavy atom. The largest absolute Gasteiger partial charge is 0.369 e. The summed E-state index contributed by atoms with van der Waals surface area (Å²) in [6, 6.07) is 12.1. The summed E-state index contributed by atoms with van der Waals surface area (Å²) in [4.78, 5) is 20.9. The molecule has 1 saturated heterocycles. The minimum Gasteiger partial charge on any atom is -0.369 e. The molecule has 0 radical (unpaired) electrons. The quantitative estimate of drug-likeness (QED) is 0.724. The SMILES string of the molecule is Cc1cc(N2CCN(C)CC2)ccc1NC(=O)c1ccc2[nH]c(C)c(C)c2c1. The molecule has 2 N–H and O–H groups in total. The number of piperazine rings is 1. The summed E-state index contributed by atoms with van der Waals surface area (Å²) in [5.41, 5.74) is 7.25. The van der Waals surface area contributed by atoms with Crippen molar-refractivity contribution < 1.29 is 4.79 Å². The molecule has 1 aliphatic rings. The number of anilines is 2. The van der Waals surface area contributed by atoms with Gasteiger partial charge in [0.2, 0.25) is 0 Å². The first-order chi connectivity index (χ1) is 13.4. The van der Waals surface area contributed by atoms with Gasteiger partial charge in [-0.2, -0.15) is 0 Å². The molecular weight excluding hydrogens is 348 g/mol. The van der Waals surface area contributed by atoms with E-state index < -0.39 is 0 Å². The topological polar surface area (TPSA) is 51.4 Å². The molecule has 3 aromatic rings. The van der Waals surface area contributed by atoms with Gasteiger partial charge in [-0.1, -0.05) is 0 Å². The molecule has 0 aliphatic carbocycles. The number of amides is 1. The Kier molecular flexibility index (Phi) is 4.85. The number of H-pyrrole nitrogens is 1. The van der Waals surface area contributed by atoms with E-state index in [1.165, 1.54) is 11.3 Å². The number of nitrogens with zero attached hydrogens (tertiary/aromatic N) is 2. The number of aromatic amines is 1. The number of likely N-dealkylation sites (N-methyl/N-ethyl adjacent to an activating group) is 1. The van der Waals surface area contributed by atoms with Crippen LogP contribution in [0.5, 0.6) is 0 Å². The van der Waals surface area contributed by atoms with Crippen LogP contribution in [-0.2, 0) is 0 Å². The molecule has 0 saturated carbocycles. The Morgan fingerprint density at radius 3 is 2.46 bits per heavy atom. The maximum atomic E-state index is 12.8. The molecule has 2 aromatic carbocycles. The molecule has 0 unspecified atom stereocenters. The van der Waals surface area contributed by atoms with Crippen molar-refractivity contribution in [1.29, 1.82) is 0 Å². The number of aromatic nitrogens is 1. The number of fused-ring (bicyclic) bond motifs is 1. The molecule has 0 bridgehead atoms. The van der Waals surface area contributed by atoms with Gasteiger partial charge in [-0.3, -0.25) is 4.79 Å². The predicted octanol–water partition coefficient (Wildman–Crippen LogP) is 4.10. The first-order valence-corrected chi connectivity index (χ1v) is 9.87. The van der Waals surface area contributed by atoms with E-state index >= 15 is 0 Å². The van der Waals surface area contributed by atoms with Gasteiger partial charge in [0.05, 0.1) is 0 Å². The van der Waals surface area contributed by atoms with Gasteiger partial charge in [0.15, 0.2) is 0 Å². The van der Waals surface area contributed by atoms with Crippen molar-refractivity contribution in [1.82, 2.24) is 9.88 Å². The summed E-state index contributed by atoms with van der Waals surface area (Å²) in [5.74, 6) is -0.0735. The van der Waals surface area contributed by atoms with E-state index in [9.17, 15) is 4.79 Å². The predicted molar refractivity (Wildman–Crippen MR) is 117 cm³/mol. The maximum Gasteiger partial charge on any atom is 0.255 e. The van der Waals surface area contributed by atoms with Crippen molar-refractivity contribution >= 4 is 28.2 Å². The fourth-order valence-corrected chi connectivity index (χ4v) is 3.85. The third kappa shape index (κ3) is 3.50. The minimum atomic E-state index is -0.0735. The van der Waals surface area contributed by atoms with Crippen LogP contribution in [0.25, 0.3) is 10.9 Å². The highest BCUT2D eigenvalue weighted by atomic mass is 16.1. The van der Waals surface area contributed by atoms with Crippen LogP contribution in [0.4, 0.5) is 11.4 Å². The second-order valence-electron chi connectivity index (χ2n) is 7.88. The van der Waals surface area contributed by atoms with Crippen molar-refractivity contribution in [2.75, 3.05) is 43.4 Å². The number of benzene rings is 2. The smallest absolute Gasteiger partial charge is 0.255 e. The molecule has 146 valence electrons. The van der Waals surface area contributed by atoms with E-state index in [4.69, 9.17) is 0 Å². The van der Waals surface area contributed by atoms with Gasteiger partial charge in [0, 0.05) is 59.7 Å². The third-order valence-corrected chi connectivity index (χ3v) is 5.90. The number of nitrogens with one attached hydrogen (secondary N) is 2. The molecule has 5 nitrogen and oxygen atoms in total. The third-order valence-electron chi connectivity index (χ3n) is 5.90. The van der Waals surface area contributed by atoms with Gasteiger partial charge in [0.25, 0.3) is 5.91 Å². The van der Waals surface area contributed by atoms with Gasteiger partial charge in [-0.15, -0.1) is 0 Å². The molecule has 28 heavy (non-hydrogen) atoms. The molecule has 2 heterocycles. The summed E-state index contributed by atoms with van der Waals surface area (Å²) in [6.07, 6.45) is 0. The zero-order valence-electron chi connectivity index (χ0n) is 17.1. The molecule has 1 fully saturated rings. The van der Waals surface area contributed by atoms with Crippen molar-refractivity contribution in [3.63, 3.8) is 0 Å². The van der Waals surface area contributed by atoms with Crippen molar-refractivity contribution in [3.8, 4) is 0 Å². The average Bonchev–Trinajstić information content (AvgIpc) is 2.97. The molecule has 0 spiro atoms. The monoisotopic (exact) mass is 376 g/mol. The van der Waals surface area contributed by atoms with Crippen molar-refractivity contribution in [2.24, 2.45) is 0 Å². The molecule has 1 amide bonds. The lowest BCUT2D eigenvalue weighted by molar-refractivity contribution is 0.102. The Hall–Kier alpha value is -2.79. The summed E-state index contributed by atoms with van der Waals surface area (Å²) < 4.78 is 0. The van der Waals surface area contributed by atoms with E-state index in [-0.39, 0.29) is 5.91 Å². The molecular formula is C23H28N4O. The lowest BCUT2D eigenvalue weighted by atomic mass is 10.1. The number of hydrogen-bond donors (Lipinski definition) is 2. The number of hydrogen-bond acceptors (Lipinski definition) is 3. The van der Waals surface area contributed by atoms with E-state index in [1.54, 1.807) is 0 Å². The van der Waals surface area contributed by atoms with E-state index in [2.05, 4.69) is 60.1 Å². The summed E-state index contributed by atoms with van der Waals surface area (Å²) in [5, 5.41) is 4.18. The van der Waals surface area contributed by atoms with Crippen LogP contribution >= 0.6 is 0 Å². The maximum absolute atomic E-state index is 12.8. The average molecular weight is 377 g/mol. The van der Waals surface area contributed by atoms with E-state index in [0.29, 0.717) is 5.56 Å². The Bertz CT molecular complexity index is 1030. The standard InChI is InChI=1S/C23H28N4O/c1-15-13-19(27-11-9-26(4)10-12-27)6-8-21(15)25-23(28)18-5-7-22-20(14-18)16(2)17(3)24-22/h5-8,13-14,24H,9-12H2,1-4H3,(H,25,28). The van der Waals surface area contributed by atoms with Crippen LogP contribution in [0.2, 0.25) is 0 Å². The van der Waals surface area contributed by atoms with E-state index in [1.807, 2.05) is 24.3 Å². The van der Waals surface area contributed by atoms with E-state index in [0.717, 1.165) is 54.0 Å². The first-order valence-electron chi connectivity index (χ1n) is 9.87. The second kappa shape index (κ2) is 7.32. The fraction of sp³-hybridized carbons (Fsp3) is 0.348. The highest BCUT2D eigenvalue weighted by Gasteiger charge is 2.16. The molecule has 1 aromatic heterocycles. The fourth-order valence-electron chi connectivity index (χ4n) is 3.85. The Morgan fingerprint density at radius 1 is 1.00 bits per heavy atom. The minimum absolute atomic E-state index is 0.0735. The second-order valence-corrected chi connectivity index (χ2v) is 7.88. The number of carbonyl (C=O) groups is 1. The number of aryl methyl sites for hydroxylation is 3. The van der Waals surface area contributed by atoms with Crippen LogP contribution < -0.4 is 10.2 Å². The van der Waals surface area contributed by atoms with Crippen LogP contribution in [0, 0.1) is 20.8 Å². The Labute approximate surface area is 166 Å². The Balaban J connectivity index is 1.52. The molecule has 1 aliphatic heterocycles. The molecule has 4 rings (SSSR count). The van der Waals surface area contributed by atoms with Gasteiger partial charge in [-0.25, -0.2) is 0 Å². The zero-order valence-corrected chi connectivity index (χ0v) is 17.1. The zero-order chi connectivity index (χ0) is 19.8. The van der Waals surface area contributed by atoms with Gasteiger partial charge in [0.1, 0.15) is 0 Å². The van der Waals surface area contributed by atoms with Crippen molar-refractivity contribution in [2.45, 2.75) is 20.8 Å². The van der Waals surface area contributed by atoms with Gasteiger partial charge >= 0.3 is 0 Å². The highest BCUT2D eigenvalue weighted by molar-refractivity contribution is 6.07. The van der Waals surface area contributed by atoms with Gasteiger partial charge in [-0.05, 0) is 75.3 Å². The molecule has 5 heteroatoms. The number of rotatable bonds is 3. The molecule has 0 atom stereocenters. The summed E-state index contributed by atoms with van der Waals surface area (Å²) in [7, 11) is 2.16. The van der Waals surface area contributed by atoms with Crippen LogP contribution in [0.3, 0.4) is 0 Å². The lowest BCUT2D eigenvalue weighted by Crippen LogP contribution is -2.44. The lowest BCUT2D eigenvalue weighted by Gasteiger charge is -2.34. The van der Waals surface area contributed by atoms with Crippen molar-refractivity contribution in [3.05, 3.63) is 58.8 Å². The number of carbonyl (C=O) groups excluding carboxylic acids is 1. The highest BCUT2D eigenvalue weighted by Crippen LogP contribution is 2.26. The van der Waals surface area contributed by atoms with Gasteiger partial charge < -0.3 is 20.1 Å². The van der Waals surface area contributed by atoms with Crippen LogP contribution in [-0.4, -0.2) is 49.0 Å². The van der Waals surface area contributed by atoms with Crippen LogP contribution in [0.15, 0.2) is 36.4 Å². The summed E-state index contributed by atoms with van der Waals surface area (Å²) >= 11 is 0. The summed E-state index contributed by atoms with van der Waals surface area (Å²) in [6.45, 7) is 10.4. The normalized spacial score (nSPS) is 15.2.